The minimum absolute atomic E-state index is 0.0579. The Morgan fingerprint density at radius 1 is 0.952 bits per heavy atom. The Morgan fingerprint density at radius 3 is 1.90 bits per heavy atom. The second kappa shape index (κ2) is 5.50. The molecule has 1 aromatic heterocycles. The molecule has 1 unspecified atom stereocenters. The molecule has 0 aliphatic rings. The van der Waals surface area contributed by atoms with Gasteiger partial charge in [-0.25, -0.2) is 0 Å². The maximum absolute atomic E-state index is 6.61. The fourth-order valence-corrected chi connectivity index (χ4v) is 2.71. The third-order valence-corrected chi connectivity index (χ3v) is 3.71. The van der Waals surface area contributed by atoms with Gasteiger partial charge in [0.25, 0.3) is 0 Å². The van der Waals surface area contributed by atoms with Crippen molar-refractivity contribution in [2.24, 2.45) is 5.73 Å². The fraction of sp³-hybridized carbons (Fsp3) is 0.176. The van der Waals surface area contributed by atoms with Crippen molar-refractivity contribution in [3.05, 3.63) is 84.0 Å². The van der Waals surface area contributed by atoms with E-state index in [2.05, 4.69) is 34.4 Å². The van der Waals surface area contributed by atoms with Gasteiger partial charge in [-0.1, -0.05) is 65.8 Å². The van der Waals surface area contributed by atoms with Gasteiger partial charge in [-0.05, 0) is 18.1 Å². The molecule has 3 aromatic rings. The second-order valence-corrected chi connectivity index (χ2v) is 5.29. The van der Waals surface area contributed by atoms with Crippen molar-refractivity contribution in [1.82, 2.24) is 10.1 Å². The highest BCUT2D eigenvalue weighted by Gasteiger charge is 2.37. The van der Waals surface area contributed by atoms with Crippen LogP contribution < -0.4 is 5.73 Å². The maximum Gasteiger partial charge on any atom is 0.213 e. The summed E-state index contributed by atoms with van der Waals surface area (Å²) in [4.78, 5) is 4.16. The number of aromatic nitrogens is 2. The third-order valence-electron chi connectivity index (χ3n) is 3.71. The summed E-state index contributed by atoms with van der Waals surface area (Å²) in [5, 5.41) is 3.95. The van der Waals surface area contributed by atoms with E-state index in [9.17, 15) is 0 Å². The zero-order chi connectivity index (χ0) is 14.7. The summed E-state index contributed by atoms with van der Waals surface area (Å²) >= 11 is 0. The lowest BCUT2D eigenvalue weighted by Gasteiger charge is -2.32. The monoisotopic (exact) mass is 279 g/mol. The molecule has 1 heterocycles. The van der Waals surface area contributed by atoms with E-state index in [0.29, 0.717) is 5.82 Å². The predicted octanol–water partition coefficient (Wildman–Crippen LogP) is 3.08. The Balaban J connectivity index is 2.13. The van der Waals surface area contributed by atoms with Crippen LogP contribution >= 0.6 is 0 Å². The highest BCUT2D eigenvalue weighted by atomic mass is 16.5. The van der Waals surface area contributed by atoms with E-state index >= 15 is 0 Å². The molecule has 2 N–H and O–H groups in total. The molecular weight excluding hydrogens is 262 g/mol. The highest BCUT2D eigenvalue weighted by Crippen LogP contribution is 2.38. The van der Waals surface area contributed by atoms with Crippen molar-refractivity contribution in [3.63, 3.8) is 0 Å². The molecule has 0 spiro atoms. The van der Waals surface area contributed by atoms with Crippen molar-refractivity contribution < 1.29 is 4.52 Å². The summed E-state index contributed by atoms with van der Waals surface area (Å²) in [7, 11) is 0. The van der Waals surface area contributed by atoms with Gasteiger partial charge in [0.2, 0.25) is 6.39 Å². The summed E-state index contributed by atoms with van der Waals surface area (Å²) in [5.41, 5.74) is 8.08. The average Bonchev–Trinajstić information content (AvgIpc) is 3.04. The van der Waals surface area contributed by atoms with Crippen LogP contribution in [0.5, 0.6) is 0 Å². The molecule has 0 bridgehead atoms. The van der Waals surface area contributed by atoms with Crippen molar-refractivity contribution in [2.75, 3.05) is 0 Å². The number of benzene rings is 2. The summed E-state index contributed by atoms with van der Waals surface area (Å²) in [6, 6.07) is 20.3. The Labute approximate surface area is 123 Å². The molecule has 0 saturated carbocycles. The van der Waals surface area contributed by atoms with E-state index in [1.54, 1.807) is 0 Å². The van der Waals surface area contributed by atoms with Gasteiger partial charge >= 0.3 is 0 Å². The van der Waals surface area contributed by atoms with Crippen LogP contribution in [0.3, 0.4) is 0 Å². The molecule has 0 aliphatic carbocycles. The van der Waals surface area contributed by atoms with Crippen molar-refractivity contribution in [2.45, 2.75) is 18.4 Å². The minimum atomic E-state index is -0.768. The summed E-state index contributed by atoms with van der Waals surface area (Å²) in [6.45, 7) is 1.93. The van der Waals surface area contributed by atoms with Gasteiger partial charge in [-0.2, -0.15) is 4.98 Å². The number of rotatable bonds is 4. The van der Waals surface area contributed by atoms with Crippen LogP contribution in [0.2, 0.25) is 0 Å². The fourth-order valence-electron chi connectivity index (χ4n) is 2.71. The summed E-state index contributed by atoms with van der Waals surface area (Å²) in [5.74, 6) is 0.442. The zero-order valence-corrected chi connectivity index (χ0v) is 11.8. The number of nitrogens with two attached hydrogens (primary N) is 1. The lowest BCUT2D eigenvalue weighted by atomic mass is 9.76. The first kappa shape index (κ1) is 13.5. The number of hydrogen-bond acceptors (Lipinski definition) is 4. The van der Waals surface area contributed by atoms with Crippen LogP contribution in [0.25, 0.3) is 0 Å². The van der Waals surface area contributed by atoms with Crippen LogP contribution in [0.1, 0.15) is 29.8 Å². The lowest BCUT2D eigenvalue weighted by molar-refractivity contribution is 0.357. The molecule has 2 aromatic carbocycles. The molecule has 0 fully saturated rings. The normalized spacial score (nSPS) is 14.0. The van der Waals surface area contributed by atoms with Gasteiger partial charge in [-0.15, -0.1) is 0 Å². The van der Waals surface area contributed by atoms with Crippen LogP contribution in [0.4, 0.5) is 0 Å². The van der Waals surface area contributed by atoms with Gasteiger partial charge in [0, 0.05) is 5.92 Å². The van der Waals surface area contributed by atoms with Gasteiger partial charge in [0.05, 0.1) is 5.54 Å². The molecule has 4 nitrogen and oxygen atoms in total. The number of nitrogens with zero attached hydrogens (tertiary/aromatic N) is 2. The van der Waals surface area contributed by atoms with Gasteiger partial charge in [-0.3, -0.25) is 0 Å². The van der Waals surface area contributed by atoms with E-state index < -0.39 is 5.54 Å². The quantitative estimate of drug-likeness (QED) is 0.797. The second-order valence-electron chi connectivity index (χ2n) is 5.29. The molecule has 0 amide bonds. The van der Waals surface area contributed by atoms with E-state index in [-0.39, 0.29) is 5.92 Å². The van der Waals surface area contributed by atoms with Gasteiger partial charge < -0.3 is 10.3 Å². The SMILES string of the molecule is CC(N)(c1ncon1)C(c1ccccc1)c1ccccc1. The first-order valence-corrected chi connectivity index (χ1v) is 6.85. The first-order chi connectivity index (χ1) is 10.2. The highest BCUT2D eigenvalue weighted by molar-refractivity contribution is 5.37. The maximum atomic E-state index is 6.61. The number of hydrogen-bond donors (Lipinski definition) is 1. The van der Waals surface area contributed by atoms with E-state index in [1.165, 1.54) is 6.39 Å². The van der Waals surface area contributed by atoms with Crippen molar-refractivity contribution in [3.8, 4) is 0 Å². The van der Waals surface area contributed by atoms with Crippen molar-refractivity contribution >= 4 is 0 Å². The van der Waals surface area contributed by atoms with Crippen LogP contribution in [0.15, 0.2) is 71.6 Å². The van der Waals surface area contributed by atoms with Gasteiger partial charge in [0.15, 0.2) is 5.82 Å². The Hall–Kier alpha value is -2.46. The smallest absolute Gasteiger partial charge is 0.213 e. The largest absolute Gasteiger partial charge is 0.343 e. The zero-order valence-electron chi connectivity index (χ0n) is 11.8. The molecule has 21 heavy (non-hydrogen) atoms. The molecule has 106 valence electrons. The van der Waals surface area contributed by atoms with E-state index in [1.807, 2.05) is 43.3 Å². The molecule has 0 radical (unpaired) electrons. The lowest BCUT2D eigenvalue weighted by Crippen LogP contribution is -2.41. The van der Waals surface area contributed by atoms with E-state index in [0.717, 1.165) is 11.1 Å². The standard InChI is InChI=1S/C17H17N3O/c1-17(18,16-19-12-21-20-16)15(13-8-4-2-5-9-13)14-10-6-3-7-11-14/h2-12,15H,18H2,1H3. The molecule has 0 saturated heterocycles. The van der Waals surface area contributed by atoms with Crippen LogP contribution in [-0.2, 0) is 5.54 Å². The van der Waals surface area contributed by atoms with Gasteiger partial charge in [0.1, 0.15) is 0 Å². The Bertz CT molecular complexity index is 639. The topological polar surface area (TPSA) is 64.9 Å². The van der Waals surface area contributed by atoms with Crippen LogP contribution in [-0.4, -0.2) is 10.1 Å². The summed E-state index contributed by atoms with van der Waals surface area (Å²) in [6.07, 6.45) is 1.31. The molecular formula is C17H17N3O. The van der Waals surface area contributed by atoms with E-state index in [4.69, 9.17) is 10.3 Å². The molecule has 1 atom stereocenters. The van der Waals surface area contributed by atoms with Crippen molar-refractivity contribution in [1.29, 1.82) is 0 Å². The third kappa shape index (κ3) is 2.58. The summed E-state index contributed by atoms with van der Waals surface area (Å²) < 4.78 is 4.88. The predicted molar refractivity (Wildman–Crippen MR) is 80.6 cm³/mol. The average molecular weight is 279 g/mol. The first-order valence-electron chi connectivity index (χ1n) is 6.85. The molecule has 3 rings (SSSR count). The molecule has 0 aliphatic heterocycles. The van der Waals surface area contributed by atoms with Crippen LogP contribution in [0, 0.1) is 0 Å². The Morgan fingerprint density at radius 2 is 1.48 bits per heavy atom. The Kier molecular flexibility index (Phi) is 3.54. The minimum Gasteiger partial charge on any atom is -0.343 e. The molecule has 4 heteroatoms.